The Labute approximate surface area is 97.4 Å². The molecular formula is C11H9ClN2O2. The Balaban J connectivity index is 2.59. The second-order valence-electron chi connectivity index (χ2n) is 3.09. The lowest BCUT2D eigenvalue weighted by atomic mass is 10.3. The molecule has 82 valence electrons. The van der Waals surface area contributed by atoms with Crippen LogP contribution in [0.1, 0.15) is 10.5 Å². The number of ether oxygens (including phenoxy) is 1. The first-order valence-electron chi connectivity index (χ1n) is 4.60. The Kier molecular flexibility index (Phi) is 2.92. The molecular weight excluding hydrogens is 228 g/mol. The molecule has 0 N–H and O–H groups in total. The molecule has 0 saturated carbocycles. The Morgan fingerprint density at radius 1 is 1.44 bits per heavy atom. The van der Waals surface area contributed by atoms with E-state index in [-0.39, 0.29) is 0 Å². The number of methoxy groups -OCH3 is 1. The largest absolute Gasteiger partial charge is 0.481 e. The van der Waals surface area contributed by atoms with E-state index in [0.29, 0.717) is 28.6 Å². The van der Waals surface area contributed by atoms with E-state index in [0.717, 1.165) is 0 Å². The van der Waals surface area contributed by atoms with E-state index in [1.165, 1.54) is 11.8 Å². The molecule has 0 amide bonds. The second kappa shape index (κ2) is 4.37. The maximum atomic E-state index is 10.6. The molecule has 0 radical (unpaired) electrons. The van der Waals surface area contributed by atoms with E-state index in [9.17, 15) is 4.79 Å². The molecule has 1 aromatic carbocycles. The van der Waals surface area contributed by atoms with Crippen LogP contribution in [0.2, 0.25) is 5.02 Å². The molecule has 0 fully saturated rings. The summed E-state index contributed by atoms with van der Waals surface area (Å²) in [5, 5.41) is 4.61. The molecule has 5 heteroatoms. The maximum absolute atomic E-state index is 10.6. The molecule has 2 rings (SSSR count). The molecule has 1 heterocycles. The molecule has 4 nitrogen and oxygen atoms in total. The van der Waals surface area contributed by atoms with Crippen LogP contribution in [0, 0.1) is 0 Å². The number of aromatic nitrogens is 2. The number of aldehydes is 1. The number of rotatable bonds is 3. The van der Waals surface area contributed by atoms with Crippen molar-refractivity contribution in [2.24, 2.45) is 0 Å². The molecule has 0 unspecified atom stereocenters. The average molecular weight is 237 g/mol. The van der Waals surface area contributed by atoms with Crippen molar-refractivity contribution < 1.29 is 9.53 Å². The number of carbonyl (C=O) groups excluding carboxylic acids is 1. The minimum absolute atomic E-state index is 0.303. The zero-order valence-corrected chi connectivity index (χ0v) is 9.31. The standard InChI is InChI=1S/C11H9ClN2O2/c1-16-11-6-8(7-15)13-14(11)10-5-3-2-4-9(10)12/h2-7H,1H3. The van der Waals surface area contributed by atoms with Gasteiger partial charge in [-0.1, -0.05) is 23.7 Å². The zero-order valence-electron chi connectivity index (χ0n) is 8.55. The first-order valence-corrected chi connectivity index (χ1v) is 4.98. The van der Waals surface area contributed by atoms with Gasteiger partial charge in [0, 0.05) is 6.07 Å². The fourth-order valence-electron chi connectivity index (χ4n) is 1.38. The normalized spacial score (nSPS) is 10.1. The highest BCUT2D eigenvalue weighted by molar-refractivity contribution is 6.32. The molecule has 0 aliphatic rings. The Morgan fingerprint density at radius 3 is 2.81 bits per heavy atom. The first kappa shape index (κ1) is 10.7. The smallest absolute Gasteiger partial charge is 0.217 e. The van der Waals surface area contributed by atoms with Crippen LogP contribution < -0.4 is 4.74 Å². The minimum Gasteiger partial charge on any atom is -0.481 e. The predicted octanol–water partition coefficient (Wildman–Crippen LogP) is 2.35. The van der Waals surface area contributed by atoms with Crippen LogP contribution >= 0.6 is 11.6 Å². The van der Waals surface area contributed by atoms with Gasteiger partial charge in [-0.05, 0) is 12.1 Å². The SMILES string of the molecule is COc1cc(C=O)nn1-c1ccccc1Cl. The van der Waals surface area contributed by atoms with E-state index >= 15 is 0 Å². The zero-order chi connectivity index (χ0) is 11.5. The van der Waals surface area contributed by atoms with Gasteiger partial charge in [-0.2, -0.15) is 9.78 Å². The summed E-state index contributed by atoms with van der Waals surface area (Å²) < 4.78 is 6.61. The molecule has 0 spiro atoms. The van der Waals surface area contributed by atoms with Crippen LogP contribution in [0.5, 0.6) is 5.88 Å². The van der Waals surface area contributed by atoms with E-state index < -0.39 is 0 Å². The van der Waals surface area contributed by atoms with Gasteiger partial charge in [0.25, 0.3) is 0 Å². The van der Waals surface area contributed by atoms with Gasteiger partial charge in [-0.3, -0.25) is 4.79 Å². The summed E-state index contributed by atoms with van der Waals surface area (Å²) in [5.41, 5.74) is 0.978. The summed E-state index contributed by atoms with van der Waals surface area (Å²) in [7, 11) is 1.51. The van der Waals surface area contributed by atoms with Gasteiger partial charge in [-0.25, -0.2) is 0 Å². The number of benzene rings is 1. The third-order valence-electron chi connectivity index (χ3n) is 2.11. The van der Waals surface area contributed by atoms with Gasteiger partial charge in [0.15, 0.2) is 6.29 Å². The summed E-state index contributed by atoms with van der Waals surface area (Å²) in [6.45, 7) is 0. The number of hydrogen-bond acceptors (Lipinski definition) is 3. The summed E-state index contributed by atoms with van der Waals surface area (Å²) in [4.78, 5) is 10.6. The van der Waals surface area contributed by atoms with Crippen LogP contribution in [0.15, 0.2) is 30.3 Å². The molecule has 0 saturated heterocycles. The Morgan fingerprint density at radius 2 is 2.19 bits per heavy atom. The van der Waals surface area contributed by atoms with E-state index in [1.807, 2.05) is 12.1 Å². The minimum atomic E-state index is 0.303. The third-order valence-corrected chi connectivity index (χ3v) is 2.43. The van der Waals surface area contributed by atoms with Crippen LogP contribution in [0.25, 0.3) is 5.69 Å². The lowest BCUT2D eigenvalue weighted by Crippen LogP contribution is -2.00. The second-order valence-corrected chi connectivity index (χ2v) is 3.50. The lowest BCUT2D eigenvalue weighted by Gasteiger charge is -2.06. The van der Waals surface area contributed by atoms with Gasteiger partial charge in [0.2, 0.25) is 5.88 Å². The van der Waals surface area contributed by atoms with E-state index in [4.69, 9.17) is 16.3 Å². The number of nitrogens with zero attached hydrogens (tertiary/aromatic N) is 2. The Bertz CT molecular complexity index is 522. The summed E-state index contributed by atoms with van der Waals surface area (Å²) >= 11 is 6.04. The van der Waals surface area contributed by atoms with Crippen LogP contribution in [0.3, 0.4) is 0 Å². The lowest BCUT2D eigenvalue weighted by molar-refractivity contribution is 0.111. The number of para-hydroxylation sites is 1. The fourth-order valence-corrected chi connectivity index (χ4v) is 1.60. The molecule has 2 aromatic rings. The third kappa shape index (κ3) is 1.79. The van der Waals surface area contributed by atoms with Crippen molar-refractivity contribution >= 4 is 17.9 Å². The van der Waals surface area contributed by atoms with E-state index in [2.05, 4.69) is 5.10 Å². The van der Waals surface area contributed by atoms with Crippen molar-refractivity contribution in [3.8, 4) is 11.6 Å². The molecule has 0 aliphatic carbocycles. The van der Waals surface area contributed by atoms with Crippen molar-refractivity contribution in [2.75, 3.05) is 7.11 Å². The van der Waals surface area contributed by atoms with Crippen LogP contribution in [-0.2, 0) is 0 Å². The van der Waals surface area contributed by atoms with Gasteiger partial charge in [-0.15, -0.1) is 0 Å². The first-order chi connectivity index (χ1) is 7.76. The average Bonchev–Trinajstić information content (AvgIpc) is 2.72. The summed E-state index contributed by atoms with van der Waals surface area (Å²) in [6.07, 6.45) is 0.663. The quantitative estimate of drug-likeness (QED) is 0.769. The Hall–Kier alpha value is -1.81. The van der Waals surface area contributed by atoms with Crippen LogP contribution in [-0.4, -0.2) is 23.2 Å². The van der Waals surface area contributed by atoms with Crippen molar-refractivity contribution in [2.45, 2.75) is 0 Å². The summed E-state index contributed by atoms with van der Waals surface area (Å²) in [6, 6.07) is 8.76. The highest BCUT2D eigenvalue weighted by Crippen LogP contribution is 2.24. The van der Waals surface area contributed by atoms with Gasteiger partial charge >= 0.3 is 0 Å². The van der Waals surface area contributed by atoms with Crippen molar-refractivity contribution in [1.82, 2.24) is 9.78 Å². The van der Waals surface area contributed by atoms with Crippen molar-refractivity contribution in [3.05, 3.63) is 41.0 Å². The van der Waals surface area contributed by atoms with Gasteiger partial charge < -0.3 is 4.74 Å². The highest BCUT2D eigenvalue weighted by atomic mass is 35.5. The summed E-state index contributed by atoms with van der Waals surface area (Å²) in [5.74, 6) is 0.468. The van der Waals surface area contributed by atoms with Gasteiger partial charge in [0.1, 0.15) is 5.69 Å². The molecule has 0 atom stereocenters. The van der Waals surface area contributed by atoms with E-state index in [1.54, 1.807) is 18.2 Å². The molecule has 16 heavy (non-hydrogen) atoms. The van der Waals surface area contributed by atoms with Gasteiger partial charge in [0.05, 0.1) is 17.8 Å². The molecule has 0 bridgehead atoms. The maximum Gasteiger partial charge on any atom is 0.217 e. The number of halogens is 1. The van der Waals surface area contributed by atoms with Crippen LogP contribution in [0.4, 0.5) is 0 Å². The number of hydrogen-bond donors (Lipinski definition) is 0. The highest BCUT2D eigenvalue weighted by Gasteiger charge is 2.11. The monoisotopic (exact) mass is 236 g/mol. The fraction of sp³-hybridized carbons (Fsp3) is 0.0909. The topological polar surface area (TPSA) is 44.1 Å². The number of carbonyl (C=O) groups is 1. The van der Waals surface area contributed by atoms with Crippen molar-refractivity contribution in [3.63, 3.8) is 0 Å². The predicted molar refractivity (Wildman–Crippen MR) is 60.5 cm³/mol. The van der Waals surface area contributed by atoms with Crippen molar-refractivity contribution in [1.29, 1.82) is 0 Å². The molecule has 1 aromatic heterocycles. The molecule has 0 aliphatic heterocycles.